The topological polar surface area (TPSA) is 99.1 Å². The second kappa shape index (κ2) is 5.93. The van der Waals surface area contributed by atoms with E-state index in [0.717, 1.165) is 19.3 Å². The lowest BCUT2D eigenvalue weighted by Crippen LogP contribution is -2.07. The molecular formula is C11H15N3O3. The van der Waals surface area contributed by atoms with Crippen LogP contribution in [0.15, 0.2) is 12.3 Å². The zero-order valence-corrected chi connectivity index (χ0v) is 9.68. The van der Waals surface area contributed by atoms with Crippen molar-refractivity contribution in [1.82, 2.24) is 4.98 Å². The first-order chi connectivity index (χ1) is 8.07. The highest BCUT2D eigenvalue weighted by molar-refractivity contribution is 6.01. The van der Waals surface area contributed by atoms with E-state index in [0.29, 0.717) is 6.42 Å². The van der Waals surface area contributed by atoms with Gasteiger partial charge in [-0.2, -0.15) is 0 Å². The number of carbonyl (C=O) groups excluding carboxylic acids is 1. The minimum absolute atomic E-state index is 0.0543. The molecule has 0 unspecified atom stereocenters. The standard InChI is InChI=1S/C11H15N3O3/c1-2-3-4-5-9(15)8-6-7-13-11(12)10(8)14(16)17/h6-7H,2-5H2,1H3,(H2,12,13). The number of nitrogen functional groups attached to an aromatic ring is 1. The van der Waals surface area contributed by atoms with Crippen molar-refractivity contribution in [2.45, 2.75) is 32.6 Å². The van der Waals surface area contributed by atoms with E-state index in [2.05, 4.69) is 4.98 Å². The summed E-state index contributed by atoms with van der Waals surface area (Å²) in [7, 11) is 0. The zero-order valence-electron chi connectivity index (χ0n) is 9.68. The van der Waals surface area contributed by atoms with Crippen LogP contribution in [0.5, 0.6) is 0 Å². The van der Waals surface area contributed by atoms with Gasteiger partial charge in [0.25, 0.3) is 0 Å². The number of carbonyl (C=O) groups is 1. The molecule has 17 heavy (non-hydrogen) atoms. The van der Waals surface area contributed by atoms with Crippen molar-refractivity contribution in [2.24, 2.45) is 0 Å². The molecule has 92 valence electrons. The number of ketones is 1. The molecular weight excluding hydrogens is 222 g/mol. The van der Waals surface area contributed by atoms with E-state index in [4.69, 9.17) is 5.73 Å². The maximum absolute atomic E-state index is 11.8. The predicted molar refractivity (Wildman–Crippen MR) is 63.8 cm³/mol. The van der Waals surface area contributed by atoms with Crippen LogP contribution in [-0.4, -0.2) is 15.7 Å². The van der Waals surface area contributed by atoms with Crippen molar-refractivity contribution in [3.8, 4) is 0 Å². The van der Waals surface area contributed by atoms with Crippen molar-refractivity contribution in [2.75, 3.05) is 5.73 Å². The fourth-order valence-electron chi connectivity index (χ4n) is 1.56. The van der Waals surface area contributed by atoms with Crippen LogP contribution in [0.25, 0.3) is 0 Å². The Morgan fingerprint density at radius 2 is 2.24 bits per heavy atom. The number of nitrogens with two attached hydrogens (primary N) is 1. The molecule has 0 atom stereocenters. The number of aromatic nitrogens is 1. The summed E-state index contributed by atoms with van der Waals surface area (Å²) in [6.07, 6.45) is 4.27. The third kappa shape index (κ3) is 3.24. The van der Waals surface area contributed by atoms with E-state index in [1.165, 1.54) is 12.3 Å². The highest BCUT2D eigenvalue weighted by Gasteiger charge is 2.23. The minimum atomic E-state index is -0.657. The molecule has 1 aromatic heterocycles. The fraction of sp³-hybridized carbons (Fsp3) is 0.455. The zero-order chi connectivity index (χ0) is 12.8. The molecule has 2 N–H and O–H groups in total. The Morgan fingerprint density at radius 3 is 2.82 bits per heavy atom. The first-order valence-corrected chi connectivity index (χ1v) is 5.50. The fourth-order valence-corrected chi connectivity index (χ4v) is 1.56. The second-order valence-corrected chi connectivity index (χ2v) is 3.73. The molecule has 0 spiro atoms. The van der Waals surface area contributed by atoms with E-state index in [-0.39, 0.29) is 22.9 Å². The number of nitro groups is 1. The number of anilines is 1. The average Bonchev–Trinajstić information content (AvgIpc) is 2.28. The largest absolute Gasteiger partial charge is 0.378 e. The third-order valence-electron chi connectivity index (χ3n) is 2.44. The van der Waals surface area contributed by atoms with Gasteiger partial charge in [0.05, 0.1) is 4.92 Å². The molecule has 0 aliphatic carbocycles. The number of hydrogen-bond acceptors (Lipinski definition) is 5. The Labute approximate surface area is 99.0 Å². The highest BCUT2D eigenvalue weighted by Crippen LogP contribution is 2.25. The molecule has 1 rings (SSSR count). The van der Waals surface area contributed by atoms with E-state index in [1.54, 1.807) is 0 Å². The quantitative estimate of drug-likeness (QED) is 0.354. The number of Topliss-reactive ketones (excluding diaryl/α,β-unsaturated/α-hetero) is 1. The van der Waals surface area contributed by atoms with Gasteiger partial charge < -0.3 is 5.73 Å². The molecule has 0 fully saturated rings. The van der Waals surface area contributed by atoms with Gasteiger partial charge in [-0.25, -0.2) is 4.98 Å². The SMILES string of the molecule is CCCCCC(=O)c1ccnc(N)c1[N+](=O)[O-]. The number of pyridine rings is 1. The van der Waals surface area contributed by atoms with Crippen LogP contribution >= 0.6 is 0 Å². The Balaban J connectivity index is 2.93. The summed E-state index contributed by atoms with van der Waals surface area (Å²) in [5, 5.41) is 10.8. The van der Waals surface area contributed by atoms with Crippen molar-refractivity contribution < 1.29 is 9.72 Å². The van der Waals surface area contributed by atoms with E-state index in [9.17, 15) is 14.9 Å². The summed E-state index contributed by atoms with van der Waals surface area (Å²) >= 11 is 0. The lowest BCUT2D eigenvalue weighted by atomic mass is 10.0. The van der Waals surface area contributed by atoms with Crippen LogP contribution in [0.4, 0.5) is 11.5 Å². The maximum Gasteiger partial charge on any atom is 0.321 e. The van der Waals surface area contributed by atoms with Crippen LogP contribution in [0.2, 0.25) is 0 Å². The monoisotopic (exact) mass is 237 g/mol. The average molecular weight is 237 g/mol. The van der Waals surface area contributed by atoms with Crippen LogP contribution in [-0.2, 0) is 0 Å². The first kappa shape index (κ1) is 13.1. The highest BCUT2D eigenvalue weighted by atomic mass is 16.6. The van der Waals surface area contributed by atoms with Crippen molar-refractivity contribution >= 4 is 17.3 Å². The van der Waals surface area contributed by atoms with Crippen LogP contribution in [0.3, 0.4) is 0 Å². The first-order valence-electron chi connectivity index (χ1n) is 5.50. The molecule has 0 aromatic carbocycles. The summed E-state index contributed by atoms with van der Waals surface area (Å²) in [5.41, 5.74) is 5.08. The molecule has 0 radical (unpaired) electrons. The molecule has 0 saturated heterocycles. The maximum atomic E-state index is 11.8. The predicted octanol–water partition coefficient (Wildman–Crippen LogP) is 2.33. The van der Waals surface area contributed by atoms with E-state index >= 15 is 0 Å². The van der Waals surface area contributed by atoms with Crippen molar-refractivity contribution in [3.05, 3.63) is 27.9 Å². The lowest BCUT2D eigenvalue weighted by Gasteiger charge is -2.03. The van der Waals surface area contributed by atoms with Gasteiger partial charge >= 0.3 is 5.69 Å². The van der Waals surface area contributed by atoms with Gasteiger partial charge in [-0.1, -0.05) is 19.8 Å². The number of unbranched alkanes of at least 4 members (excludes halogenated alkanes) is 2. The van der Waals surface area contributed by atoms with Gasteiger partial charge in [0.15, 0.2) is 5.78 Å². The lowest BCUT2D eigenvalue weighted by molar-refractivity contribution is -0.384. The summed E-state index contributed by atoms with van der Waals surface area (Å²) in [6, 6.07) is 1.35. The van der Waals surface area contributed by atoms with Gasteiger partial charge in [0.1, 0.15) is 5.56 Å². The van der Waals surface area contributed by atoms with Gasteiger partial charge in [0, 0.05) is 12.6 Å². The normalized spacial score (nSPS) is 10.2. The molecule has 0 bridgehead atoms. The molecule has 0 saturated carbocycles. The van der Waals surface area contributed by atoms with E-state index in [1.807, 2.05) is 6.92 Å². The van der Waals surface area contributed by atoms with Gasteiger partial charge in [-0.3, -0.25) is 14.9 Å². The van der Waals surface area contributed by atoms with Crippen molar-refractivity contribution in [1.29, 1.82) is 0 Å². The minimum Gasteiger partial charge on any atom is -0.378 e. The smallest absolute Gasteiger partial charge is 0.321 e. The Kier molecular flexibility index (Phi) is 4.56. The molecule has 0 amide bonds. The van der Waals surface area contributed by atoms with Gasteiger partial charge in [0.2, 0.25) is 5.82 Å². The molecule has 6 nitrogen and oxygen atoms in total. The summed E-state index contributed by atoms with van der Waals surface area (Å²) < 4.78 is 0. The molecule has 1 heterocycles. The van der Waals surface area contributed by atoms with Crippen LogP contribution < -0.4 is 5.73 Å². The number of rotatable bonds is 6. The molecule has 1 aromatic rings. The number of nitrogens with zero attached hydrogens (tertiary/aromatic N) is 2. The third-order valence-corrected chi connectivity index (χ3v) is 2.44. The summed E-state index contributed by atoms with van der Waals surface area (Å²) in [4.78, 5) is 25.6. The Hall–Kier alpha value is -1.98. The Bertz CT molecular complexity index is 432. The summed E-state index contributed by atoms with van der Waals surface area (Å²) in [6.45, 7) is 2.03. The number of hydrogen-bond donors (Lipinski definition) is 1. The Morgan fingerprint density at radius 1 is 1.53 bits per heavy atom. The second-order valence-electron chi connectivity index (χ2n) is 3.73. The van der Waals surface area contributed by atoms with Gasteiger partial charge in [-0.05, 0) is 12.5 Å². The molecule has 0 aliphatic rings. The van der Waals surface area contributed by atoms with Crippen LogP contribution in [0.1, 0.15) is 43.0 Å². The van der Waals surface area contributed by atoms with Crippen molar-refractivity contribution in [3.63, 3.8) is 0 Å². The molecule has 0 aliphatic heterocycles. The van der Waals surface area contributed by atoms with E-state index < -0.39 is 4.92 Å². The van der Waals surface area contributed by atoms with Crippen LogP contribution in [0, 0.1) is 10.1 Å². The summed E-state index contributed by atoms with van der Waals surface area (Å²) in [5.74, 6) is -0.462. The molecule has 6 heteroatoms. The van der Waals surface area contributed by atoms with Gasteiger partial charge in [-0.15, -0.1) is 0 Å².